The molecule has 0 spiro atoms. The summed E-state index contributed by atoms with van der Waals surface area (Å²) in [5.74, 6) is -0.203. The van der Waals surface area contributed by atoms with E-state index < -0.39 is 0 Å². The standard InChI is InChI=1S/C15H9Br2ClN2O/c1-7-4-8(16)5-10-13(7)20-15(21)14(10)19-9-2-3-11(17)12(18)6-9/h2-6H,1H3,(H,19,20,21). The minimum absolute atomic E-state index is 0.203. The lowest BCUT2D eigenvalue weighted by atomic mass is 10.1. The first-order valence-corrected chi connectivity index (χ1v) is 8.07. The van der Waals surface area contributed by atoms with Crippen molar-refractivity contribution in [1.29, 1.82) is 0 Å². The molecule has 3 rings (SSSR count). The second kappa shape index (κ2) is 5.55. The van der Waals surface area contributed by atoms with Gasteiger partial charge in [0.1, 0.15) is 5.71 Å². The number of carbonyl (C=O) groups is 1. The Labute approximate surface area is 143 Å². The van der Waals surface area contributed by atoms with E-state index >= 15 is 0 Å². The summed E-state index contributed by atoms with van der Waals surface area (Å²) in [7, 11) is 0. The first kappa shape index (κ1) is 14.8. The zero-order valence-corrected chi connectivity index (χ0v) is 14.8. The van der Waals surface area contributed by atoms with Gasteiger partial charge in [-0.3, -0.25) is 4.79 Å². The maximum atomic E-state index is 12.2. The van der Waals surface area contributed by atoms with Crippen LogP contribution >= 0.6 is 43.5 Å². The topological polar surface area (TPSA) is 41.5 Å². The number of halogens is 3. The Kier molecular flexibility index (Phi) is 3.90. The molecule has 1 aliphatic rings. The van der Waals surface area contributed by atoms with E-state index in [1.165, 1.54) is 0 Å². The molecule has 1 amide bonds. The molecule has 0 radical (unpaired) electrons. The van der Waals surface area contributed by atoms with Gasteiger partial charge in [-0.05, 0) is 58.7 Å². The quantitative estimate of drug-likeness (QED) is 0.663. The van der Waals surface area contributed by atoms with Crippen LogP contribution in [0.4, 0.5) is 11.4 Å². The molecule has 106 valence electrons. The largest absolute Gasteiger partial charge is 0.320 e. The van der Waals surface area contributed by atoms with Gasteiger partial charge in [-0.2, -0.15) is 0 Å². The van der Waals surface area contributed by atoms with Gasteiger partial charge in [0.25, 0.3) is 5.91 Å². The van der Waals surface area contributed by atoms with Gasteiger partial charge in [-0.25, -0.2) is 4.99 Å². The third-order valence-corrected chi connectivity index (χ3v) is 4.84. The Morgan fingerprint density at radius 1 is 1.19 bits per heavy atom. The van der Waals surface area contributed by atoms with Gasteiger partial charge in [-0.15, -0.1) is 0 Å². The highest BCUT2D eigenvalue weighted by atomic mass is 79.9. The lowest BCUT2D eigenvalue weighted by Crippen LogP contribution is -2.14. The van der Waals surface area contributed by atoms with Crippen LogP contribution in [-0.4, -0.2) is 11.6 Å². The number of nitrogens with zero attached hydrogens (tertiary/aromatic N) is 1. The van der Waals surface area contributed by atoms with Crippen molar-refractivity contribution in [2.75, 3.05) is 5.32 Å². The summed E-state index contributed by atoms with van der Waals surface area (Å²) >= 11 is 12.8. The molecule has 6 heteroatoms. The number of amides is 1. The van der Waals surface area contributed by atoms with Crippen molar-refractivity contribution in [3.63, 3.8) is 0 Å². The Balaban J connectivity index is 2.14. The Morgan fingerprint density at radius 2 is 1.95 bits per heavy atom. The number of nitrogens with one attached hydrogen (secondary N) is 1. The molecule has 0 fully saturated rings. The second-order valence-electron chi connectivity index (χ2n) is 4.66. The fourth-order valence-corrected chi connectivity index (χ4v) is 3.18. The summed E-state index contributed by atoms with van der Waals surface area (Å²) in [6.45, 7) is 1.95. The lowest BCUT2D eigenvalue weighted by molar-refractivity contribution is -0.110. The van der Waals surface area contributed by atoms with Crippen molar-refractivity contribution in [3.8, 4) is 0 Å². The molecule has 1 heterocycles. The van der Waals surface area contributed by atoms with Crippen LogP contribution in [0.2, 0.25) is 5.02 Å². The van der Waals surface area contributed by atoms with Crippen LogP contribution in [0.3, 0.4) is 0 Å². The van der Waals surface area contributed by atoms with Gasteiger partial charge in [0, 0.05) is 14.5 Å². The van der Waals surface area contributed by atoms with Crippen LogP contribution in [-0.2, 0) is 4.79 Å². The number of aliphatic imine (C=N–C) groups is 1. The van der Waals surface area contributed by atoms with Crippen molar-refractivity contribution in [2.45, 2.75) is 6.92 Å². The molecule has 0 saturated heterocycles. The van der Waals surface area contributed by atoms with E-state index in [4.69, 9.17) is 11.6 Å². The van der Waals surface area contributed by atoms with Crippen LogP contribution in [0, 0.1) is 6.92 Å². The van der Waals surface area contributed by atoms with Crippen molar-refractivity contribution in [1.82, 2.24) is 0 Å². The van der Waals surface area contributed by atoms with Crippen LogP contribution in [0.5, 0.6) is 0 Å². The van der Waals surface area contributed by atoms with Gasteiger partial charge in [0.05, 0.1) is 16.4 Å². The molecule has 0 atom stereocenters. The summed E-state index contributed by atoms with van der Waals surface area (Å²) in [6.07, 6.45) is 0. The number of carbonyl (C=O) groups excluding carboxylic acids is 1. The molecule has 1 N–H and O–H groups in total. The van der Waals surface area contributed by atoms with E-state index in [-0.39, 0.29) is 5.91 Å². The number of hydrogen-bond acceptors (Lipinski definition) is 2. The third-order valence-electron chi connectivity index (χ3n) is 3.15. The zero-order chi connectivity index (χ0) is 15.1. The van der Waals surface area contributed by atoms with Crippen LogP contribution in [0.1, 0.15) is 11.1 Å². The number of fused-ring (bicyclic) bond motifs is 1. The fourth-order valence-electron chi connectivity index (χ4n) is 2.19. The summed E-state index contributed by atoms with van der Waals surface area (Å²) in [5, 5.41) is 3.41. The van der Waals surface area contributed by atoms with Crippen molar-refractivity contribution in [3.05, 3.63) is 55.4 Å². The Morgan fingerprint density at radius 3 is 2.67 bits per heavy atom. The van der Waals surface area contributed by atoms with Crippen LogP contribution in [0.15, 0.2) is 44.3 Å². The monoisotopic (exact) mass is 426 g/mol. The van der Waals surface area contributed by atoms with Gasteiger partial charge in [-0.1, -0.05) is 27.5 Å². The highest BCUT2D eigenvalue weighted by molar-refractivity contribution is 9.10. The highest BCUT2D eigenvalue weighted by Crippen LogP contribution is 2.33. The van der Waals surface area contributed by atoms with Gasteiger partial charge < -0.3 is 5.32 Å². The SMILES string of the molecule is Cc1cc(Br)cc2c1NC(=O)C2=Nc1ccc(Br)c(Cl)c1. The third kappa shape index (κ3) is 2.78. The van der Waals surface area contributed by atoms with E-state index in [9.17, 15) is 4.79 Å². The van der Waals surface area contributed by atoms with Crippen molar-refractivity contribution in [2.24, 2.45) is 4.99 Å². The van der Waals surface area contributed by atoms with Crippen LogP contribution < -0.4 is 5.32 Å². The molecule has 2 aromatic carbocycles. The number of benzene rings is 2. The van der Waals surface area contributed by atoms with Gasteiger partial charge in [0.2, 0.25) is 0 Å². The van der Waals surface area contributed by atoms with E-state index in [2.05, 4.69) is 42.2 Å². The minimum Gasteiger partial charge on any atom is -0.320 e. The maximum Gasteiger partial charge on any atom is 0.275 e. The zero-order valence-electron chi connectivity index (χ0n) is 10.9. The summed E-state index contributed by atoms with van der Waals surface area (Å²) in [6, 6.07) is 9.17. The number of hydrogen-bond donors (Lipinski definition) is 1. The normalized spacial score (nSPS) is 15.2. The van der Waals surface area contributed by atoms with E-state index in [0.717, 1.165) is 25.8 Å². The van der Waals surface area contributed by atoms with E-state index in [0.29, 0.717) is 16.4 Å². The van der Waals surface area contributed by atoms with E-state index in [1.807, 2.05) is 25.1 Å². The summed E-state index contributed by atoms with van der Waals surface area (Å²) in [4.78, 5) is 16.6. The van der Waals surface area contributed by atoms with Crippen molar-refractivity contribution < 1.29 is 4.79 Å². The first-order chi connectivity index (χ1) is 9.95. The predicted octanol–water partition coefficient (Wildman–Crippen LogP) is 5.25. The molecule has 0 aliphatic carbocycles. The minimum atomic E-state index is -0.203. The van der Waals surface area contributed by atoms with Gasteiger partial charge in [0.15, 0.2) is 0 Å². The number of anilines is 1. The Bertz CT molecular complexity index is 803. The molecule has 0 saturated carbocycles. The molecular weight excluding hydrogens is 419 g/mol. The van der Waals surface area contributed by atoms with Gasteiger partial charge >= 0.3 is 0 Å². The van der Waals surface area contributed by atoms with Crippen molar-refractivity contribution >= 4 is 66.5 Å². The average molecular weight is 429 g/mol. The molecule has 0 bridgehead atoms. The molecular formula is C15H9Br2ClN2O. The summed E-state index contributed by atoms with van der Waals surface area (Å²) < 4.78 is 1.71. The Hall–Kier alpha value is -1.17. The molecule has 2 aromatic rings. The lowest BCUT2D eigenvalue weighted by Gasteiger charge is -2.03. The molecule has 0 unspecified atom stereocenters. The molecule has 1 aliphatic heterocycles. The number of rotatable bonds is 1. The van der Waals surface area contributed by atoms with E-state index in [1.54, 1.807) is 12.1 Å². The smallest absolute Gasteiger partial charge is 0.275 e. The fraction of sp³-hybridized carbons (Fsp3) is 0.0667. The number of aryl methyl sites for hydroxylation is 1. The first-order valence-electron chi connectivity index (χ1n) is 6.11. The van der Waals surface area contributed by atoms with Crippen LogP contribution in [0.25, 0.3) is 0 Å². The molecule has 0 aromatic heterocycles. The molecule has 21 heavy (non-hydrogen) atoms. The predicted molar refractivity (Wildman–Crippen MR) is 92.9 cm³/mol. The molecule has 3 nitrogen and oxygen atoms in total. The maximum absolute atomic E-state index is 12.2. The average Bonchev–Trinajstić information content (AvgIpc) is 2.72. The highest BCUT2D eigenvalue weighted by Gasteiger charge is 2.27. The summed E-state index contributed by atoms with van der Waals surface area (Å²) in [5.41, 5.74) is 3.63. The second-order valence-corrected chi connectivity index (χ2v) is 6.84.